The van der Waals surface area contributed by atoms with Crippen molar-refractivity contribution in [3.8, 4) is 11.4 Å². The maximum atomic E-state index is 12.5. The minimum Gasteiger partial charge on any atom is -0.350 e. The summed E-state index contributed by atoms with van der Waals surface area (Å²) in [6.45, 7) is -1.11. The lowest BCUT2D eigenvalue weighted by molar-refractivity contribution is -0.119. The van der Waals surface area contributed by atoms with Gasteiger partial charge in [0.25, 0.3) is 0 Å². The molecule has 0 saturated carbocycles. The summed E-state index contributed by atoms with van der Waals surface area (Å²) in [5.74, 6) is 5.99. The Bertz CT molecular complexity index is 601. The lowest BCUT2D eigenvalue weighted by Crippen LogP contribution is -2.31. The van der Waals surface area contributed by atoms with Gasteiger partial charge in [0.15, 0.2) is 5.82 Å². The topological polar surface area (TPSA) is 67.1 Å². The number of hydrogen-bond donors (Lipinski definition) is 2. The van der Waals surface area contributed by atoms with Crippen LogP contribution in [0.15, 0.2) is 36.4 Å². The Hall–Kier alpha value is -2.35. The molecule has 21 heavy (non-hydrogen) atoms. The summed E-state index contributed by atoms with van der Waals surface area (Å²) in [6.07, 6.45) is -4.32. The van der Waals surface area contributed by atoms with Crippen LogP contribution in [-0.2, 0) is 0 Å². The van der Waals surface area contributed by atoms with Crippen molar-refractivity contribution in [2.45, 2.75) is 6.18 Å². The molecule has 1 heterocycles. The van der Waals surface area contributed by atoms with Crippen LogP contribution in [0.5, 0.6) is 0 Å². The van der Waals surface area contributed by atoms with E-state index >= 15 is 0 Å². The van der Waals surface area contributed by atoms with Gasteiger partial charge in [0.1, 0.15) is 18.2 Å². The molecule has 0 saturated heterocycles. The summed E-state index contributed by atoms with van der Waals surface area (Å²) in [4.78, 5) is 9.30. The van der Waals surface area contributed by atoms with Crippen LogP contribution >= 0.6 is 0 Å². The van der Waals surface area contributed by atoms with Gasteiger partial charge in [0.2, 0.25) is 0 Å². The lowest BCUT2D eigenvalue weighted by atomic mass is 10.2. The summed E-state index contributed by atoms with van der Waals surface area (Å²) < 4.78 is 37.4. The molecule has 2 rings (SSSR count). The number of anilines is 2. The quantitative estimate of drug-likeness (QED) is 0.670. The average molecular weight is 297 g/mol. The Morgan fingerprint density at radius 1 is 1.19 bits per heavy atom. The van der Waals surface area contributed by atoms with Crippen LogP contribution in [0.25, 0.3) is 11.4 Å². The molecule has 0 spiro atoms. The third-order valence-corrected chi connectivity index (χ3v) is 2.70. The highest BCUT2D eigenvalue weighted by molar-refractivity contribution is 5.61. The van der Waals surface area contributed by atoms with E-state index in [0.29, 0.717) is 11.4 Å². The number of nitrogens with zero attached hydrogens (tertiary/aromatic N) is 3. The molecule has 0 fully saturated rings. The van der Waals surface area contributed by atoms with Gasteiger partial charge in [-0.25, -0.2) is 15.8 Å². The smallest absolute Gasteiger partial charge is 0.350 e. The highest BCUT2D eigenvalue weighted by atomic mass is 19.4. The highest BCUT2D eigenvalue weighted by Crippen LogP contribution is 2.24. The normalized spacial score (nSPS) is 11.3. The van der Waals surface area contributed by atoms with Crippen LogP contribution in [0.1, 0.15) is 0 Å². The molecule has 1 aromatic carbocycles. The van der Waals surface area contributed by atoms with Crippen molar-refractivity contribution in [1.29, 1.82) is 0 Å². The number of hydrazine groups is 1. The van der Waals surface area contributed by atoms with E-state index in [1.165, 1.54) is 13.1 Å². The molecule has 3 N–H and O–H groups in total. The minimum absolute atomic E-state index is 0.133. The van der Waals surface area contributed by atoms with E-state index in [2.05, 4.69) is 15.4 Å². The standard InChI is InChI=1S/C13H14F3N5/c1-21(8-13(14,15)16)11-7-10(20-17)18-12(19-11)9-5-3-2-4-6-9/h2-7H,8,17H2,1H3,(H,18,19,20). The van der Waals surface area contributed by atoms with Gasteiger partial charge >= 0.3 is 6.18 Å². The van der Waals surface area contributed by atoms with Crippen molar-refractivity contribution in [2.75, 3.05) is 23.9 Å². The Labute approximate surface area is 119 Å². The van der Waals surface area contributed by atoms with Crippen LogP contribution < -0.4 is 16.2 Å². The maximum Gasteiger partial charge on any atom is 0.405 e. The maximum absolute atomic E-state index is 12.5. The Balaban J connectivity index is 2.39. The second kappa shape index (κ2) is 5.96. The monoisotopic (exact) mass is 297 g/mol. The molecular weight excluding hydrogens is 283 g/mol. The molecule has 0 unspecified atom stereocenters. The molecule has 0 aliphatic carbocycles. The molecule has 0 bridgehead atoms. The third kappa shape index (κ3) is 4.06. The largest absolute Gasteiger partial charge is 0.405 e. The summed E-state index contributed by atoms with van der Waals surface area (Å²) in [5.41, 5.74) is 3.03. The predicted molar refractivity (Wildman–Crippen MR) is 74.6 cm³/mol. The van der Waals surface area contributed by atoms with E-state index in [1.54, 1.807) is 24.3 Å². The van der Waals surface area contributed by atoms with Crippen molar-refractivity contribution in [3.05, 3.63) is 36.4 Å². The zero-order valence-electron chi connectivity index (χ0n) is 11.2. The van der Waals surface area contributed by atoms with E-state index < -0.39 is 12.7 Å². The first-order valence-electron chi connectivity index (χ1n) is 6.08. The number of benzene rings is 1. The molecule has 112 valence electrons. The number of nitrogen functional groups attached to an aromatic ring is 1. The molecule has 8 heteroatoms. The molecule has 0 atom stereocenters. The Kier molecular flexibility index (Phi) is 4.27. The summed E-state index contributed by atoms with van der Waals surface area (Å²) >= 11 is 0. The van der Waals surface area contributed by atoms with E-state index in [1.807, 2.05) is 6.07 Å². The van der Waals surface area contributed by atoms with Crippen LogP contribution in [0.3, 0.4) is 0 Å². The molecule has 0 aliphatic rings. The van der Waals surface area contributed by atoms with E-state index in [0.717, 1.165) is 4.90 Å². The fourth-order valence-electron chi connectivity index (χ4n) is 1.77. The minimum atomic E-state index is -4.32. The summed E-state index contributed by atoms with van der Waals surface area (Å²) in [7, 11) is 1.31. The fraction of sp³-hybridized carbons (Fsp3) is 0.231. The number of hydrogen-bond acceptors (Lipinski definition) is 5. The molecule has 0 radical (unpaired) electrons. The third-order valence-electron chi connectivity index (χ3n) is 2.70. The molecule has 0 aliphatic heterocycles. The zero-order valence-corrected chi connectivity index (χ0v) is 11.2. The number of nitrogens with one attached hydrogen (secondary N) is 1. The van der Waals surface area contributed by atoms with E-state index in [4.69, 9.17) is 5.84 Å². The summed E-state index contributed by atoms with van der Waals surface area (Å²) in [5, 5.41) is 0. The van der Waals surface area contributed by atoms with Gasteiger partial charge < -0.3 is 10.3 Å². The van der Waals surface area contributed by atoms with Gasteiger partial charge in [0.05, 0.1) is 0 Å². The molecule has 1 aromatic heterocycles. The highest BCUT2D eigenvalue weighted by Gasteiger charge is 2.30. The summed E-state index contributed by atoms with van der Waals surface area (Å²) in [6, 6.07) is 10.3. The van der Waals surface area contributed by atoms with Gasteiger partial charge in [-0.05, 0) is 0 Å². The number of alkyl halides is 3. The predicted octanol–water partition coefficient (Wildman–Crippen LogP) is 2.43. The molecule has 5 nitrogen and oxygen atoms in total. The van der Waals surface area contributed by atoms with Crippen LogP contribution in [-0.4, -0.2) is 29.7 Å². The van der Waals surface area contributed by atoms with Gasteiger partial charge in [0, 0.05) is 18.7 Å². The van der Waals surface area contributed by atoms with Crippen LogP contribution in [0, 0.1) is 0 Å². The Morgan fingerprint density at radius 2 is 1.86 bits per heavy atom. The molecule has 2 aromatic rings. The van der Waals surface area contributed by atoms with Crippen molar-refractivity contribution in [2.24, 2.45) is 5.84 Å². The number of halogens is 3. The SMILES string of the molecule is CN(CC(F)(F)F)c1cc(NN)nc(-c2ccccc2)n1. The first-order valence-corrected chi connectivity index (χ1v) is 6.08. The molecule has 0 amide bonds. The number of nitrogens with two attached hydrogens (primary N) is 1. The van der Waals surface area contributed by atoms with Crippen molar-refractivity contribution in [3.63, 3.8) is 0 Å². The van der Waals surface area contributed by atoms with Crippen molar-refractivity contribution < 1.29 is 13.2 Å². The zero-order chi connectivity index (χ0) is 15.5. The van der Waals surface area contributed by atoms with Crippen molar-refractivity contribution >= 4 is 11.6 Å². The van der Waals surface area contributed by atoms with Crippen LogP contribution in [0.2, 0.25) is 0 Å². The van der Waals surface area contributed by atoms with Gasteiger partial charge in [-0.1, -0.05) is 30.3 Å². The second-order valence-corrected chi connectivity index (χ2v) is 4.42. The Morgan fingerprint density at radius 3 is 2.43 bits per heavy atom. The van der Waals surface area contributed by atoms with Crippen molar-refractivity contribution in [1.82, 2.24) is 9.97 Å². The first kappa shape index (κ1) is 15.0. The van der Waals surface area contributed by atoms with E-state index in [-0.39, 0.29) is 11.6 Å². The van der Waals surface area contributed by atoms with Crippen LogP contribution in [0.4, 0.5) is 24.8 Å². The first-order chi connectivity index (χ1) is 9.89. The van der Waals surface area contributed by atoms with E-state index in [9.17, 15) is 13.2 Å². The second-order valence-electron chi connectivity index (χ2n) is 4.42. The van der Waals surface area contributed by atoms with Gasteiger partial charge in [-0.15, -0.1) is 0 Å². The fourth-order valence-corrected chi connectivity index (χ4v) is 1.77. The molecular formula is C13H14F3N5. The average Bonchev–Trinajstić information content (AvgIpc) is 2.46. The van der Waals surface area contributed by atoms with Gasteiger partial charge in [-0.2, -0.15) is 13.2 Å². The lowest BCUT2D eigenvalue weighted by Gasteiger charge is -2.20. The number of rotatable bonds is 4. The number of aromatic nitrogens is 2. The van der Waals surface area contributed by atoms with Gasteiger partial charge in [-0.3, -0.25) is 0 Å².